The molecule has 0 N–H and O–H groups in total. The number of fused-ring (bicyclic) bond motifs is 1. The molecule has 0 bridgehead atoms. The van der Waals surface area contributed by atoms with E-state index in [1.807, 2.05) is 17.0 Å². The van der Waals surface area contributed by atoms with E-state index in [0.717, 1.165) is 50.0 Å². The van der Waals surface area contributed by atoms with E-state index in [2.05, 4.69) is 11.8 Å². The quantitative estimate of drug-likeness (QED) is 0.713. The fraction of sp³-hybridized carbons (Fsp3) is 0.708. The van der Waals surface area contributed by atoms with E-state index in [9.17, 15) is 13.2 Å². The van der Waals surface area contributed by atoms with Crippen LogP contribution in [0.5, 0.6) is 0 Å². The van der Waals surface area contributed by atoms with Crippen molar-refractivity contribution in [3.8, 4) is 0 Å². The zero-order chi connectivity index (χ0) is 21.6. The zero-order valence-electron chi connectivity index (χ0n) is 18.6. The smallest absolute Gasteiger partial charge is 0.243 e. The van der Waals surface area contributed by atoms with E-state index in [1.165, 1.54) is 32.1 Å². The van der Waals surface area contributed by atoms with E-state index in [1.54, 1.807) is 10.4 Å². The van der Waals surface area contributed by atoms with Crippen molar-refractivity contribution >= 4 is 21.6 Å². The summed E-state index contributed by atoms with van der Waals surface area (Å²) in [5.41, 5.74) is 1.90. The monoisotopic (exact) mass is 445 g/mol. The van der Waals surface area contributed by atoms with Gasteiger partial charge in [-0.2, -0.15) is 4.31 Å². The van der Waals surface area contributed by atoms with Crippen molar-refractivity contribution in [2.24, 2.45) is 5.92 Å². The van der Waals surface area contributed by atoms with Gasteiger partial charge in [0.1, 0.15) is 0 Å². The topological polar surface area (TPSA) is 60.9 Å². The number of amides is 1. The Morgan fingerprint density at radius 3 is 2.29 bits per heavy atom. The van der Waals surface area contributed by atoms with Crippen molar-refractivity contribution in [1.82, 2.24) is 9.21 Å². The molecule has 1 atom stereocenters. The van der Waals surface area contributed by atoms with E-state index in [-0.39, 0.29) is 17.9 Å². The minimum absolute atomic E-state index is 0.0973. The van der Waals surface area contributed by atoms with Gasteiger partial charge in [-0.25, -0.2) is 8.42 Å². The molecule has 4 aliphatic rings. The first-order chi connectivity index (χ1) is 14.9. The lowest BCUT2D eigenvalue weighted by atomic mass is 9.84. The second kappa shape index (κ2) is 8.49. The van der Waals surface area contributed by atoms with Gasteiger partial charge >= 0.3 is 0 Å². The third-order valence-electron chi connectivity index (χ3n) is 7.96. The summed E-state index contributed by atoms with van der Waals surface area (Å²) in [7, 11) is -3.50. The highest BCUT2D eigenvalue weighted by Gasteiger charge is 2.38. The maximum absolute atomic E-state index is 13.4. The van der Waals surface area contributed by atoms with Gasteiger partial charge in [-0.1, -0.05) is 25.7 Å². The number of anilines is 1. The minimum Gasteiger partial charge on any atom is -0.309 e. The van der Waals surface area contributed by atoms with Crippen LogP contribution in [-0.2, 0) is 21.2 Å². The molecular formula is C24H35N3O3S. The highest BCUT2D eigenvalue weighted by molar-refractivity contribution is 7.89. The van der Waals surface area contributed by atoms with Crippen LogP contribution in [0, 0.1) is 5.92 Å². The van der Waals surface area contributed by atoms with Crippen LogP contribution in [0.4, 0.5) is 5.69 Å². The Bertz CT molecular complexity index is 929. The summed E-state index contributed by atoms with van der Waals surface area (Å²) < 4.78 is 28.4. The molecule has 1 saturated heterocycles. The molecule has 0 radical (unpaired) electrons. The van der Waals surface area contributed by atoms with Crippen molar-refractivity contribution < 1.29 is 13.2 Å². The van der Waals surface area contributed by atoms with Crippen molar-refractivity contribution in [1.29, 1.82) is 0 Å². The molecule has 1 amide bonds. The molecule has 5 rings (SSSR count). The highest BCUT2D eigenvalue weighted by atomic mass is 32.2. The van der Waals surface area contributed by atoms with Gasteiger partial charge in [-0.15, -0.1) is 0 Å². The zero-order valence-corrected chi connectivity index (χ0v) is 19.4. The van der Waals surface area contributed by atoms with Crippen LogP contribution in [0.15, 0.2) is 23.1 Å². The Labute approximate surface area is 186 Å². The summed E-state index contributed by atoms with van der Waals surface area (Å²) in [6, 6.07) is 6.13. The lowest BCUT2D eigenvalue weighted by Gasteiger charge is -2.40. The Kier molecular flexibility index (Phi) is 5.86. The third-order valence-corrected chi connectivity index (χ3v) is 9.86. The first kappa shape index (κ1) is 21.4. The molecule has 0 spiro atoms. The molecule has 0 aromatic heterocycles. The van der Waals surface area contributed by atoms with Crippen LogP contribution in [0.25, 0.3) is 0 Å². The Balaban J connectivity index is 1.29. The number of hydrogen-bond acceptors (Lipinski definition) is 4. The third kappa shape index (κ3) is 3.93. The van der Waals surface area contributed by atoms with Crippen molar-refractivity contribution in [3.05, 3.63) is 23.8 Å². The number of benzene rings is 1. The van der Waals surface area contributed by atoms with Gasteiger partial charge in [-0.05, 0) is 62.8 Å². The number of sulfonamides is 1. The standard InChI is InChI=1S/C24H35N3O3S/c1-18-16-20-17-22(10-11-23(20)27(18)24(28)19-6-5-7-19)31(29,30)26-14-12-25(13-15-26)21-8-3-2-4-9-21/h10-11,17-19,21H,2-9,12-16H2,1H3/t18-/m0/s1. The van der Waals surface area contributed by atoms with Crippen LogP contribution < -0.4 is 4.90 Å². The van der Waals surface area contributed by atoms with Crippen LogP contribution in [0.2, 0.25) is 0 Å². The maximum Gasteiger partial charge on any atom is 0.243 e. The molecule has 0 unspecified atom stereocenters. The molecular weight excluding hydrogens is 410 g/mol. The van der Waals surface area contributed by atoms with Crippen LogP contribution in [0.1, 0.15) is 63.9 Å². The Morgan fingerprint density at radius 2 is 1.65 bits per heavy atom. The number of hydrogen-bond donors (Lipinski definition) is 0. The van der Waals surface area contributed by atoms with Gasteiger partial charge < -0.3 is 4.90 Å². The summed E-state index contributed by atoms with van der Waals surface area (Å²) in [5, 5.41) is 0. The van der Waals surface area contributed by atoms with Crippen LogP contribution in [0.3, 0.4) is 0 Å². The molecule has 170 valence electrons. The van der Waals surface area contributed by atoms with Crippen LogP contribution in [-0.4, -0.2) is 61.8 Å². The number of carbonyl (C=O) groups excluding carboxylic acids is 1. The molecule has 2 aliphatic heterocycles. The lowest BCUT2D eigenvalue weighted by molar-refractivity contribution is -0.125. The Hall–Kier alpha value is -1.44. The normalized spacial score (nSPS) is 26.6. The first-order valence-electron chi connectivity index (χ1n) is 12.2. The van der Waals surface area contributed by atoms with Gasteiger partial charge in [0.2, 0.25) is 15.9 Å². The second-order valence-corrected chi connectivity index (χ2v) is 11.8. The molecule has 1 aromatic rings. The van der Waals surface area contributed by atoms with Gasteiger partial charge in [0.15, 0.2) is 0 Å². The second-order valence-electron chi connectivity index (χ2n) is 9.91. The molecule has 2 heterocycles. The molecule has 2 aliphatic carbocycles. The molecule has 2 saturated carbocycles. The van der Waals surface area contributed by atoms with Crippen molar-refractivity contribution in [2.45, 2.75) is 81.7 Å². The van der Waals surface area contributed by atoms with Gasteiger partial charge in [-0.3, -0.25) is 9.69 Å². The number of carbonyl (C=O) groups is 1. The van der Waals surface area contributed by atoms with Gasteiger partial charge in [0.25, 0.3) is 0 Å². The van der Waals surface area contributed by atoms with E-state index in [4.69, 9.17) is 0 Å². The summed E-state index contributed by atoms with van der Waals surface area (Å²) in [6.07, 6.45) is 10.3. The molecule has 3 fully saturated rings. The molecule has 6 nitrogen and oxygen atoms in total. The Morgan fingerprint density at radius 1 is 0.935 bits per heavy atom. The molecule has 31 heavy (non-hydrogen) atoms. The fourth-order valence-electron chi connectivity index (χ4n) is 5.86. The minimum atomic E-state index is -3.50. The predicted octanol–water partition coefficient (Wildman–Crippen LogP) is 3.40. The van der Waals surface area contributed by atoms with Crippen molar-refractivity contribution in [3.63, 3.8) is 0 Å². The number of piperazine rings is 1. The highest BCUT2D eigenvalue weighted by Crippen LogP contribution is 2.38. The number of nitrogens with zero attached hydrogens (tertiary/aromatic N) is 3. The maximum atomic E-state index is 13.4. The number of rotatable bonds is 4. The average molecular weight is 446 g/mol. The first-order valence-corrected chi connectivity index (χ1v) is 13.6. The fourth-order valence-corrected chi connectivity index (χ4v) is 7.33. The van der Waals surface area contributed by atoms with Crippen LogP contribution >= 0.6 is 0 Å². The van der Waals surface area contributed by atoms with Gasteiger partial charge in [0.05, 0.1) is 4.90 Å². The summed E-state index contributed by atoms with van der Waals surface area (Å²) in [5.74, 6) is 0.365. The molecule has 1 aromatic carbocycles. The van der Waals surface area contributed by atoms with Crippen molar-refractivity contribution in [2.75, 3.05) is 31.1 Å². The summed E-state index contributed by atoms with van der Waals surface area (Å²) >= 11 is 0. The van der Waals surface area contributed by atoms with E-state index < -0.39 is 10.0 Å². The SMILES string of the molecule is C[C@H]1Cc2cc(S(=O)(=O)N3CCN(C4CCCCC4)CC3)ccc2N1C(=O)C1CCC1. The predicted molar refractivity (Wildman–Crippen MR) is 122 cm³/mol. The lowest BCUT2D eigenvalue weighted by Crippen LogP contribution is -2.52. The summed E-state index contributed by atoms with van der Waals surface area (Å²) in [6.45, 7) is 4.86. The van der Waals surface area contributed by atoms with E-state index >= 15 is 0 Å². The van der Waals surface area contributed by atoms with E-state index in [0.29, 0.717) is 24.0 Å². The molecule has 7 heteroatoms. The largest absolute Gasteiger partial charge is 0.309 e. The van der Waals surface area contributed by atoms with Gasteiger partial charge in [0, 0.05) is 49.9 Å². The summed E-state index contributed by atoms with van der Waals surface area (Å²) in [4.78, 5) is 17.7. The average Bonchev–Trinajstić information content (AvgIpc) is 3.08.